The van der Waals surface area contributed by atoms with Crippen LogP contribution in [0.5, 0.6) is 5.75 Å². The summed E-state index contributed by atoms with van der Waals surface area (Å²) in [4.78, 5) is 12.3. The van der Waals surface area contributed by atoms with E-state index in [0.29, 0.717) is 10.0 Å². The molecule has 3 rings (SSSR count). The van der Waals surface area contributed by atoms with E-state index in [4.69, 9.17) is 27.9 Å². The number of rotatable bonds is 4. The third-order valence-corrected chi connectivity index (χ3v) is 4.23. The van der Waals surface area contributed by atoms with Gasteiger partial charge >= 0.3 is 0 Å². The standard InChI is InChI=1S/C17H15Cl2NO2/c1-22-14-4-2-13(3-5-14)20-17(21)16-9-15(16)10-6-11(18)8-12(19)7-10/h2-8,15-16H,9H2,1H3,(H,20,21)/t15-,16+/m1/s1. The predicted molar refractivity (Wildman–Crippen MR) is 88.9 cm³/mol. The number of methoxy groups -OCH3 is 1. The number of benzene rings is 2. The molecular weight excluding hydrogens is 321 g/mol. The van der Waals surface area contributed by atoms with Crippen LogP contribution < -0.4 is 10.1 Å². The van der Waals surface area contributed by atoms with Crippen molar-refractivity contribution in [2.24, 2.45) is 5.92 Å². The topological polar surface area (TPSA) is 38.3 Å². The van der Waals surface area contributed by atoms with Gasteiger partial charge in [-0.25, -0.2) is 0 Å². The van der Waals surface area contributed by atoms with Crippen molar-refractivity contribution in [1.82, 2.24) is 0 Å². The summed E-state index contributed by atoms with van der Waals surface area (Å²) in [5.41, 5.74) is 1.79. The maximum atomic E-state index is 12.3. The van der Waals surface area contributed by atoms with Crippen molar-refractivity contribution in [3.05, 3.63) is 58.1 Å². The van der Waals surface area contributed by atoms with E-state index >= 15 is 0 Å². The average Bonchev–Trinajstić information content (AvgIpc) is 3.27. The average molecular weight is 336 g/mol. The van der Waals surface area contributed by atoms with Crippen LogP contribution in [-0.4, -0.2) is 13.0 Å². The van der Waals surface area contributed by atoms with Gasteiger partial charge in [0.2, 0.25) is 5.91 Å². The van der Waals surface area contributed by atoms with E-state index < -0.39 is 0 Å². The Bertz CT molecular complexity index is 680. The first-order valence-electron chi connectivity index (χ1n) is 6.98. The van der Waals surface area contributed by atoms with Crippen molar-refractivity contribution >= 4 is 34.8 Å². The van der Waals surface area contributed by atoms with E-state index in [1.807, 2.05) is 36.4 Å². The maximum Gasteiger partial charge on any atom is 0.228 e. The fourth-order valence-corrected chi connectivity index (χ4v) is 3.09. The molecule has 0 heterocycles. The molecular formula is C17H15Cl2NO2. The van der Waals surface area contributed by atoms with E-state index in [1.165, 1.54) is 0 Å². The monoisotopic (exact) mass is 335 g/mol. The first-order chi connectivity index (χ1) is 10.6. The smallest absolute Gasteiger partial charge is 0.228 e. The number of halogens is 2. The van der Waals surface area contributed by atoms with Gasteiger partial charge in [0.1, 0.15) is 5.75 Å². The molecule has 0 unspecified atom stereocenters. The highest BCUT2D eigenvalue weighted by Gasteiger charge is 2.44. The number of nitrogens with one attached hydrogen (secondary N) is 1. The van der Waals surface area contributed by atoms with Gasteiger partial charge in [-0.15, -0.1) is 0 Å². The van der Waals surface area contributed by atoms with Crippen molar-refractivity contribution in [3.63, 3.8) is 0 Å². The minimum absolute atomic E-state index is 0.0197. The second-order valence-electron chi connectivity index (χ2n) is 5.37. The molecule has 2 aromatic rings. The van der Waals surface area contributed by atoms with E-state index in [0.717, 1.165) is 23.4 Å². The maximum absolute atomic E-state index is 12.3. The molecule has 22 heavy (non-hydrogen) atoms. The number of hydrogen-bond acceptors (Lipinski definition) is 2. The molecule has 1 saturated carbocycles. The molecule has 0 spiro atoms. The Balaban J connectivity index is 1.64. The molecule has 3 nitrogen and oxygen atoms in total. The fourth-order valence-electron chi connectivity index (χ4n) is 2.55. The van der Waals surface area contributed by atoms with Crippen LogP contribution in [-0.2, 0) is 4.79 Å². The molecule has 1 amide bonds. The van der Waals surface area contributed by atoms with Crippen LogP contribution >= 0.6 is 23.2 Å². The number of amides is 1. The largest absolute Gasteiger partial charge is 0.497 e. The summed E-state index contributed by atoms with van der Waals surface area (Å²) in [5, 5.41) is 4.12. The first-order valence-corrected chi connectivity index (χ1v) is 7.73. The summed E-state index contributed by atoms with van der Waals surface area (Å²) in [7, 11) is 1.61. The van der Waals surface area contributed by atoms with Crippen LogP contribution in [0.25, 0.3) is 0 Å². The molecule has 1 aliphatic rings. The second-order valence-corrected chi connectivity index (χ2v) is 6.24. The molecule has 114 valence electrons. The minimum atomic E-state index is -0.0309. The quantitative estimate of drug-likeness (QED) is 0.875. The number of hydrogen-bond donors (Lipinski definition) is 1. The third kappa shape index (κ3) is 3.37. The first kappa shape index (κ1) is 15.2. The molecule has 0 aliphatic heterocycles. The van der Waals surface area contributed by atoms with Gasteiger partial charge in [-0.1, -0.05) is 23.2 Å². The Labute approximate surface area is 139 Å². The van der Waals surface area contributed by atoms with Gasteiger partial charge in [0.25, 0.3) is 0 Å². The van der Waals surface area contributed by atoms with Crippen LogP contribution in [0.3, 0.4) is 0 Å². The third-order valence-electron chi connectivity index (χ3n) is 3.80. The lowest BCUT2D eigenvalue weighted by molar-refractivity contribution is -0.117. The Morgan fingerprint density at radius 3 is 2.36 bits per heavy atom. The summed E-state index contributed by atoms with van der Waals surface area (Å²) in [6.07, 6.45) is 0.818. The van der Waals surface area contributed by atoms with E-state index in [1.54, 1.807) is 13.2 Å². The fraction of sp³-hybridized carbons (Fsp3) is 0.235. The van der Waals surface area contributed by atoms with Gasteiger partial charge in [0, 0.05) is 21.7 Å². The van der Waals surface area contributed by atoms with Crippen molar-refractivity contribution < 1.29 is 9.53 Å². The Hall–Kier alpha value is -1.71. The summed E-state index contributed by atoms with van der Waals surface area (Å²) >= 11 is 12.0. The normalized spacial score (nSPS) is 19.6. The Morgan fingerprint density at radius 1 is 1.14 bits per heavy atom. The molecule has 2 aromatic carbocycles. The number of carbonyl (C=O) groups excluding carboxylic acids is 1. The SMILES string of the molecule is COc1ccc(NC(=O)[C@H]2C[C@@H]2c2cc(Cl)cc(Cl)c2)cc1. The van der Waals surface area contributed by atoms with Crippen LogP contribution in [0, 0.1) is 5.92 Å². The zero-order valence-electron chi connectivity index (χ0n) is 12.0. The minimum Gasteiger partial charge on any atom is -0.497 e. The zero-order valence-corrected chi connectivity index (χ0v) is 13.5. The highest BCUT2D eigenvalue weighted by Crippen LogP contribution is 2.49. The number of ether oxygens (including phenoxy) is 1. The summed E-state index contributed by atoms with van der Waals surface area (Å²) in [5.74, 6) is 0.938. The van der Waals surface area contributed by atoms with Crippen molar-refractivity contribution in [1.29, 1.82) is 0 Å². The molecule has 1 N–H and O–H groups in total. The lowest BCUT2D eigenvalue weighted by atomic mass is 10.1. The van der Waals surface area contributed by atoms with E-state index in [-0.39, 0.29) is 17.7 Å². The van der Waals surface area contributed by atoms with Gasteiger partial charge < -0.3 is 10.1 Å². The van der Waals surface area contributed by atoms with Crippen LogP contribution in [0.2, 0.25) is 10.0 Å². The highest BCUT2D eigenvalue weighted by molar-refractivity contribution is 6.34. The van der Waals surface area contributed by atoms with Gasteiger partial charge in [-0.3, -0.25) is 4.79 Å². The van der Waals surface area contributed by atoms with Gasteiger partial charge in [-0.2, -0.15) is 0 Å². The number of carbonyl (C=O) groups is 1. The Kier molecular flexibility index (Phi) is 4.27. The molecule has 5 heteroatoms. The van der Waals surface area contributed by atoms with Crippen LogP contribution in [0.1, 0.15) is 17.9 Å². The van der Waals surface area contributed by atoms with E-state index in [9.17, 15) is 4.79 Å². The van der Waals surface area contributed by atoms with Crippen molar-refractivity contribution in [2.45, 2.75) is 12.3 Å². The molecule has 0 aromatic heterocycles. The second kappa shape index (κ2) is 6.19. The molecule has 1 fully saturated rings. The summed E-state index contributed by atoms with van der Waals surface area (Å²) in [6.45, 7) is 0. The zero-order chi connectivity index (χ0) is 15.7. The predicted octanol–water partition coefficient (Wildman–Crippen LogP) is 4.74. The highest BCUT2D eigenvalue weighted by atomic mass is 35.5. The van der Waals surface area contributed by atoms with Crippen molar-refractivity contribution in [2.75, 3.05) is 12.4 Å². The van der Waals surface area contributed by atoms with Crippen molar-refractivity contribution in [3.8, 4) is 5.75 Å². The summed E-state index contributed by atoms with van der Waals surface area (Å²) in [6, 6.07) is 12.7. The lowest BCUT2D eigenvalue weighted by Crippen LogP contribution is -2.14. The Morgan fingerprint density at radius 2 is 1.77 bits per heavy atom. The lowest BCUT2D eigenvalue weighted by Gasteiger charge is -2.06. The van der Waals surface area contributed by atoms with Gasteiger partial charge in [0.05, 0.1) is 7.11 Å². The summed E-state index contributed by atoms with van der Waals surface area (Å²) < 4.78 is 5.09. The molecule has 1 aliphatic carbocycles. The van der Waals surface area contributed by atoms with Gasteiger partial charge in [0.15, 0.2) is 0 Å². The molecule has 2 atom stereocenters. The molecule has 0 radical (unpaired) electrons. The number of anilines is 1. The molecule has 0 bridgehead atoms. The van der Waals surface area contributed by atoms with Crippen LogP contribution in [0.15, 0.2) is 42.5 Å². The van der Waals surface area contributed by atoms with E-state index in [2.05, 4.69) is 5.32 Å². The van der Waals surface area contributed by atoms with Crippen LogP contribution in [0.4, 0.5) is 5.69 Å². The molecule has 0 saturated heterocycles. The van der Waals surface area contributed by atoms with Gasteiger partial charge in [-0.05, 0) is 60.4 Å².